The maximum atomic E-state index is 14.7. The molecule has 1 N–H and O–H groups in total. The van der Waals surface area contributed by atoms with Crippen molar-refractivity contribution in [3.8, 4) is 5.75 Å². The van der Waals surface area contributed by atoms with Gasteiger partial charge in [-0.05, 0) is 43.0 Å². The summed E-state index contributed by atoms with van der Waals surface area (Å²) >= 11 is 0. The SMILES string of the molecule is O=C(Oc1ccc(C(F)(F)F)c(C(=O)NCC2CC2)c1F)c1ccccc1. The second-order valence-electron chi connectivity index (χ2n) is 6.21. The maximum absolute atomic E-state index is 14.7. The minimum Gasteiger partial charge on any atom is -0.420 e. The molecule has 0 unspecified atom stereocenters. The van der Waals surface area contributed by atoms with Gasteiger partial charge in [0.15, 0.2) is 11.6 Å². The van der Waals surface area contributed by atoms with E-state index in [4.69, 9.17) is 4.74 Å². The molecule has 3 rings (SSSR count). The van der Waals surface area contributed by atoms with Gasteiger partial charge >= 0.3 is 12.1 Å². The summed E-state index contributed by atoms with van der Waals surface area (Å²) in [7, 11) is 0. The first-order chi connectivity index (χ1) is 12.8. The van der Waals surface area contributed by atoms with Crippen LogP contribution in [-0.2, 0) is 6.18 Å². The van der Waals surface area contributed by atoms with Crippen LogP contribution in [0.1, 0.15) is 39.1 Å². The fourth-order valence-corrected chi connectivity index (χ4v) is 2.47. The lowest BCUT2D eigenvalue weighted by atomic mass is 10.0. The van der Waals surface area contributed by atoms with Crippen LogP contribution in [0.4, 0.5) is 17.6 Å². The van der Waals surface area contributed by atoms with Gasteiger partial charge in [-0.3, -0.25) is 4.79 Å². The molecule has 1 aliphatic carbocycles. The summed E-state index contributed by atoms with van der Waals surface area (Å²) in [5.41, 5.74) is -2.51. The van der Waals surface area contributed by atoms with Crippen LogP contribution in [-0.4, -0.2) is 18.4 Å². The summed E-state index contributed by atoms with van der Waals surface area (Å²) in [4.78, 5) is 24.2. The molecular formula is C19H15F4NO3. The van der Waals surface area contributed by atoms with E-state index in [0.29, 0.717) is 12.1 Å². The second kappa shape index (κ2) is 7.38. The van der Waals surface area contributed by atoms with E-state index in [1.165, 1.54) is 12.1 Å². The van der Waals surface area contributed by atoms with Crippen molar-refractivity contribution in [2.45, 2.75) is 19.0 Å². The number of esters is 1. The summed E-state index contributed by atoms with van der Waals surface area (Å²) in [5.74, 6) is -4.20. The van der Waals surface area contributed by atoms with Crippen molar-refractivity contribution in [2.24, 2.45) is 5.92 Å². The number of amides is 1. The normalized spacial score (nSPS) is 13.9. The summed E-state index contributed by atoms with van der Waals surface area (Å²) in [6, 6.07) is 8.80. The van der Waals surface area contributed by atoms with Gasteiger partial charge in [0.05, 0.1) is 16.7 Å². The summed E-state index contributed by atoms with van der Waals surface area (Å²) in [5, 5.41) is 2.31. The molecule has 8 heteroatoms. The molecule has 0 spiro atoms. The lowest BCUT2D eigenvalue weighted by Gasteiger charge is -2.16. The molecule has 142 valence electrons. The van der Waals surface area contributed by atoms with E-state index in [-0.39, 0.29) is 18.0 Å². The number of nitrogens with one attached hydrogen (secondary N) is 1. The maximum Gasteiger partial charge on any atom is 0.417 e. The first kappa shape index (κ1) is 18.9. The number of ether oxygens (including phenoxy) is 1. The Morgan fingerprint density at radius 1 is 1.07 bits per heavy atom. The lowest BCUT2D eigenvalue weighted by Crippen LogP contribution is -2.29. The van der Waals surface area contributed by atoms with E-state index in [1.807, 2.05) is 0 Å². The summed E-state index contributed by atoms with van der Waals surface area (Å²) in [6.07, 6.45) is -3.21. The fraction of sp³-hybridized carbons (Fsp3) is 0.263. The zero-order valence-electron chi connectivity index (χ0n) is 14.0. The molecule has 1 amide bonds. The molecule has 0 aromatic heterocycles. The second-order valence-corrected chi connectivity index (χ2v) is 6.21. The smallest absolute Gasteiger partial charge is 0.417 e. The molecule has 0 radical (unpaired) electrons. The Morgan fingerprint density at radius 2 is 1.74 bits per heavy atom. The molecule has 2 aromatic rings. The molecular weight excluding hydrogens is 366 g/mol. The van der Waals surface area contributed by atoms with Gasteiger partial charge in [-0.25, -0.2) is 9.18 Å². The highest BCUT2D eigenvalue weighted by molar-refractivity contribution is 5.97. The summed E-state index contributed by atoms with van der Waals surface area (Å²) < 4.78 is 59.2. The van der Waals surface area contributed by atoms with E-state index < -0.39 is 40.7 Å². The van der Waals surface area contributed by atoms with E-state index in [0.717, 1.165) is 12.8 Å². The first-order valence-electron chi connectivity index (χ1n) is 8.22. The van der Waals surface area contributed by atoms with Gasteiger partial charge in [0.1, 0.15) is 0 Å². The summed E-state index contributed by atoms with van der Waals surface area (Å²) in [6.45, 7) is 0.170. The van der Waals surface area contributed by atoms with Gasteiger partial charge in [0.2, 0.25) is 0 Å². The van der Waals surface area contributed by atoms with Crippen molar-refractivity contribution < 1.29 is 31.9 Å². The van der Waals surface area contributed by atoms with Crippen molar-refractivity contribution in [1.82, 2.24) is 5.32 Å². The Kier molecular flexibility index (Phi) is 5.16. The minimum atomic E-state index is -4.94. The predicted octanol–water partition coefficient (Wildman–Crippen LogP) is 4.20. The first-order valence-corrected chi connectivity index (χ1v) is 8.22. The van der Waals surface area contributed by atoms with Crippen molar-refractivity contribution in [2.75, 3.05) is 6.54 Å². The molecule has 1 saturated carbocycles. The van der Waals surface area contributed by atoms with Gasteiger partial charge in [0, 0.05) is 6.54 Å². The number of halogens is 4. The average Bonchev–Trinajstić information content (AvgIpc) is 3.45. The van der Waals surface area contributed by atoms with Crippen LogP contribution < -0.4 is 10.1 Å². The van der Waals surface area contributed by atoms with Crippen LogP contribution in [0.15, 0.2) is 42.5 Å². The van der Waals surface area contributed by atoms with Gasteiger partial charge < -0.3 is 10.1 Å². The standard InChI is InChI=1S/C19H15F4NO3/c20-16-14(27-18(26)12-4-2-1-3-5-12)9-8-13(19(21,22)23)15(16)17(25)24-10-11-6-7-11/h1-5,8-9,11H,6-7,10H2,(H,24,25). The Labute approximate surface area is 152 Å². The third kappa shape index (κ3) is 4.45. The molecule has 27 heavy (non-hydrogen) atoms. The van der Waals surface area contributed by atoms with Gasteiger partial charge in [0.25, 0.3) is 5.91 Å². The number of carbonyl (C=O) groups excluding carboxylic acids is 2. The van der Waals surface area contributed by atoms with Crippen molar-refractivity contribution in [3.63, 3.8) is 0 Å². The Bertz CT molecular complexity index is 861. The van der Waals surface area contributed by atoms with Gasteiger partial charge in [-0.1, -0.05) is 18.2 Å². The molecule has 1 fully saturated rings. The average molecular weight is 381 g/mol. The lowest BCUT2D eigenvalue weighted by molar-refractivity contribution is -0.138. The van der Waals surface area contributed by atoms with Crippen LogP contribution in [0, 0.1) is 11.7 Å². The van der Waals surface area contributed by atoms with Gasteiger partial charge in [-0.2, -0.15) is 13.2 Å². The van der Waals surface area contributed by atoms with Crippen molar-refractivity contribution in [1.29, 1.82) is 0 Å². The zero-order chi connectivity index (χ0) is 19.6. The Hall–Kier alpha value is -2.90. The molecule has 2 aromatic carbocycles. The van der Waals surface area contributed by atoms with E-state index in [2.05, 4.69) is 5.32 Å². The van der Waals surface area contributed by atoms with E-state index in [1.54, 1.807) is 18.2 Å². The largest absolute Gasteiger partial charge is 0.420 e. The third-order valence-corrected chi connectivity index (χ3v) is 4.10. The van der Waals surface area contributed by atoms with Crippen LogP contribution >= 0.6 is 0 Å². The fourth-order valence-electron chi connectivity index (χ4n) is 2.47. The number of hydrogen-bond acceptors (Lipinski definition) is 3. The highest BCUT2D eigenvalue weighted by Crippen LogP contribution is 2.36. The van der Waals surface area contributed by atoms with Crippen LogP contribution in [0.25, 0.3) is 0 Å². The molecule has 1 aliphatic rings. The monoisotopic (exact) mass is 381 g/mol. The number of rotatable bonds is 5. The van der Waals surface area contributed by atoms with Gasteiger partial charge in [-0.15, -0.1) is 0 Å². The zero-order valence-corrected chi connectivity index (χ0v) is 14.0. The third-order valence-electron chi connectivity index (χ3n) is 4.10. The number of hydrogen-bond donors (Lipinski definition) is 1. The number of carbonyl (C=O) groups is 2. The Morgan fingerprint density at radius 3 is 2.33 bits per heavy atom. The number of benzene rings is 2. The molecule has 0 aliphatic heterocycles. The van der Waals surface area contributed by atoms with Crippen LogP contribution in [0.3, 0.4) is 0 Å². The molecule has 0 heterocycles. The number of alkyl halides is 3. The molecule has 4 nitrogen and oxygen atoms in total. The highest BCUT2D eigenvalue weighted by Gasteiger charge is 2.38. The Balaban J connectivity index is 1.92. The highest BCUT2D eigenvalue weighted by atomic mass is 19.4. The molecule has 0 bridgehead atoms. The van der Waals surface area contributed by atoms with Crippen molar-refractivity contribution >= 4 is 11.9 Å². The van der Waals surface area contributed by atoms with Crippen LogP contribution in [0.5, 0.6) is 5.75 Å². The van der Waals surface area contributed by atoms with Crippen LogP contribution in [0.2, 0.25) is 0 Å². The van der Waals surface area contributed by atoms with E-state index in [9.17, 15) is 27.2 Å². The molecule has 0 saturated heterocycles. The van der Waals surface area contributed by atoms with Crippen molar-refractivity contribution in [3.05, 3.63) is 65.0 Å². The predicted molar refractivity (Wildman–Crippen MR) is 87.9 cm³/mol. The topological polar surface area (TPSA) is 55.4 Å². The minimum absolute atomic E-state index is 0.0940. The molecule has 0 atom stereocenters. The quantitative estimate of drug-likeness (QED) is 0.480. The van der Waals surface area contributed by atoms with E-state index >= 15 is 0 Å².